The molecule has 0 radical (unpaired) electrons. The first-order chi connectivity index (χ1) is 15.9. The molecule has 0 saturated carbocycles. The van der Waals surface area contributed by atoms with Crippen molar-refractivity contribution in [2.24, 2.45) is 0 Å². The number of dihydropyridines is 1. The standard InChI is InChI=1S/C26H25BrClNO4/c1-15-23(26(31)33-12-11-32-2)24(19-5-3-4-6-20(19)27)25-21(29-15)13-17(14-22(25)30)16-7-9-18(28)10-8-16/h3-10,17,24,29H,11-14H2,1-2H3/t17-,24-/m1/s1. The van der Waals surface area contributed by atoms with Crippen LogP contribution in [0.3, 0.4) is 0 Å². The predicted molar refractivity (Wildman–Crippen MR) is 131 cm³/mol. The van der Waals surface area contributed by atoms with Gasteiger partial charge in [0.2, 0.25) is 0 Å². The summed E-state index contributed by atoms with van der Waals surface area (Å²) in [7, 11) is 1.55. The zero-order valence-electron chi connectivity index (χ0n) is 18.5. The fourth-order valence-corrected chi connectivity index (χ4v) is 5.24. The molecule has 5 nitrogen and oxygen atoms in total. The Bertz CT molecular complexity index is 1140. The number of ketones is 1. The van der Waals surface area contributed by atoms with Crippen LogP contribution < -0.4 is 5.32 Å². The van der Waals surface area contributed by atoms with Gasteiger partial charge in [-0.05, 0) is 48.6 Å². The molecule has 1 heterocycles. The van der Waals surface area contributed by atoms with E-state index in [9.17, 15) is 9.59 Å². The van der Waals surface area contributed by atoms with Crippen LogP contribution in [0.5, 0.6) is 0 Å². The topological polar surface area (TPSA) is 64.6 Å². The third-order valence-electron chi connectivity index (χ3n) is 6.13. The zero-order chi connectivity index (χ0) is 23.5. The lowest BCUT2D eigenvalue weighted by molar-refractivity contribution is -0.140. The van der Waals surface area contributed by atoms with Gasteiger partial charge in [-0.2, -0.15) is 0 Å². The van der Waals surface area contributed by atoms with Crippen molar-refractivity contribution in [2.75, 3.05) is 20.3 Å². The van der Waals surface area contributed by atoms with Gasteiger partial charge in [0.15, 0.2) is 5.78 Å². The summed E-state index contributed by atoms with van der Waals surface area (Å²) in [5.41, 5.74) is 4.58. The Morgan fingerprint density at radius 1 is 1.12 bits per heavy atom. The highest BCUT2D eigenvalue weighted by Gasteiger charge is 2.42. The molecule has 0 spiro atoms. The van der Waals surface area contributed by atoms with E-state index in [0.29, 0.717) is 41.3 Å². The van der Waals surface area contributed by atoms with E-state index in [4.69, 9.17) is 21.1 Å². The van der Waals surface area contributed by atoms with Gasteiger partial charge in [-0.25, -0.2) is 4.79 Å². The summed E-state index contributed by atoms with van der Waals surface area (Å²) < 4.78 is 11.3. The number of esters is 1. The Morgan fingerprint density at radius 3 is 2.55 bits per heavy atom. The third-order valence-corrected chi connectivity index (χ3v) is 7.10. The van der Waals surface area contributed by atoms with Crippen molar-refractivity contribution >= 4 is 39.3 Å². The number of methoxy groups -OCH3 is 1. The van der Waals surface area contributed by atoms with Crippen molar-refractivity contribution < 1.29 is 19.1 Å². The molecule has 2 aromatic carbocycles. The summed E-state index contributed by atoms with van der Waals surface area (Å²) in [6, 6.07) is 15.3. The summed E-state index contributed by atoms with van der Waals surface area (Å²) in [4.78, 5) is 26.7. The Balaban J connectivity index is 1.76. The fraction of sp³-hybridized carbons (Fsp3) is 0.308. The monoisotopic (exact) mass is 529 g/mol. The number of Topliss-reactive ketones (excluding diaryl/α,β-unsaturated/α-hetero) is 1. The highest BCUT2D eigenvalue weighted by atomic mass is 79.9. The normalized spacial score (nSPS) is 20.4. The maximum absolute atomic E-state index is 13.6. The lowest BCUT2D eigenvalue weighted by Gasteiger charge is -2.37. The Morgan fingerprint density at radius 2 is 1.85 bits per heavy atom. The third kappa shape index (κ3) is 4.93. The van der Waals surface area contributed by atoms with Gasteiger partial charge in [0.05, 0.1) is 12.2 Å². The molecule has 1 aliphatic heterocycles. The minimum Gasteiger partial charge on any atom is -0.460 e. The maximum atomic E-state index is 13.6. The van der Waals surface area contributed by atoms with E-state index in [2.05, 4.69) is 21.2 Å². The first-order valence-electron chi connectivity index (χ1n) is 10.8. The number of rotatable bonds is 6. The summed E-state index contributed by atoms with van der Waals surface area (Å²) in [5, 5.41) is 4.03. The van der Waals surface area contributed by atoms with Crippen LogP contribution in [0, 0.1) is 0 Å². The quantitative estimate of drug-likeness (QED) is 0.386. The number of carbonyl (C=O) groups excluding carboxylic acids is 2. The molecule has 0 amide bonds. The van der Waals surface area contributed by atoms with Crippen LogP contribution in [0.4, 0.5) is 0 Å². The zero-order valence-corrected chi connectivity index (χ0v) is 20.8. The van der Waals surface area contributed by atoms with Crippen LogP contribution in [0.15, 0.2) is 75.5 Å². The molecule has 0 saturated heterocycles. The molecule has 172 valence electrons. The maximum Gasteiger partial charge on any atom is 0.336 e. The molecule has 0 aromatic heterocycles. The first-order valence-corrected chi connectivity index (χ1v) is 12.0. The second kappa shape index (κ2) is 10.2. The number of ether oxygens (including phenoxy) is 2. The Kier molecular flexibility index (Phi) is 7.37. The number of hydrogen-bond acceptors (Lipinski definition) is 5. The van der Waals surface area contributed by atoms with Crippen molar-refractivity contribution in [3.63, 3.8) is 0 Å². The molecule has 2 aliphatic rings. The number of carbonyl (C=O) groups is 2. The lowest BCUT2D eigenvalue weighted by atomic mass is 9.72. The second-order valence-corrected chi connectivity index (χ2v) is 9.51. The molecule has 0 fully saturated rings. The number of halogens is 2. The average molecular weight is 531 g/mol. The number of hydrogen-bond donors (Lipinski definition) is 1. The largest absolute Gasteiger partial charge is 0.460 e. The molecule has 1 N–H and O–H groups in total. The van der Waals surface area contributed by atoms with Gasteiger partial charge >= 0.3 is 5.97 Å². The summed E-state index contributed by atoms with van der Waals surface area (Å²) in [6.07, 6.45) is 1.04. The van der Waals surface area contributed by atoms with Gasteiger partial charge in [0.25, 0.3) is 0 Å². The molecular weight excluding hydrogens is 506 g/mol. The van der Waals surface area contributed by atoms with E-state index >= 15 is 0 Å². The van der Waals surface area contributed by atoms with Crippen molar-refractivity contribution in [3.05, 3.63) is 91.7 Å². The van der Waals surface area contributed by atoms with Crippen LogP contribution in [-0.4, -0.2) is 32.1 Å². The van der Waals surface area contributed by atoms with Crippen LogP contribution >= 0.6 is 27.5 Å². The van der Waals surface area contributed by atoms with Gasteiger partial charge in [0, 0.05) is 45.9 Å². The molecule has 2 aromatic rings. The van der Waals surface area contributed by atoms with E-state index in [0.717, 1.165) is 21.3 Å². The van der Waals surface area contributed by atoms with Crippen LogP contribution in [-0.2, 0) is 19.1 Å². The Labute approximate surface area is 206 Å². The van der Waals surface area contributed by atoms with Gasteiger partial charge in [-0.3, -0.25) is 4.79 Å². The molecule has 0 bridgehead atoms. The van der Waals surface area contributed by atoms with E-state index in [1.165, 1.54) is 0 Å². The van der Waals surface area contributed by atoms with Gasteiger partial charge in [-0.15, -0.1) is 0 Å². The second-order valence-electron chi connectivity index (χ2n) is 8.22. The highest BCUT2D eigenvalue weighted by molar-refractivity contribution is 9.10. The number of nitrogens with one attached hydrogen (secondary N) is 1. The van der Waals surface area contributed by atoms with E-state index < -0.39 is 11.9 Å². The van der Waals surface area contributed by atoms with Gasteiger partial charge < -0.3 is 14.8 Å². The predicted octanol–water partition coefficient (Wildman–Crippen LogP) is 5.65. The number of benzene rings is 2. The summed E-state index contributed by atoms with van der Waals surface area (Å²) >= 11 is 9.67. The molecule has 33 heavy (non-hydrogen) atoms. The number of allylic oxidation sites excluding steroid dienone is 3. The molecule has 1 aliphatic carbocycles. The van der Waals surface area contributed by atoms with E-state index in [-0.39, 0.29) is 18.3 Å². The highest BCUT2D eigenvalue weighted by Crippen LogP contribution is 2.47. The summed E-state index contributed by atoms with van der Waals surface area (Å²) in [6.45, 7) is 2.31. The lowest BCUT2D eigenvalue weighted by Crippen LogP contribution is -2.36. The van der Waals surface area contributed by atoms with Crippen molar-refractivity contribution in [1.82, 2.24) is 5.32 Å². The van der Waals surface area contributed by atoms with Crippen molar-refractivity contribution in [1.29, 1.82) is 0 Å². The van der Waals surface area contributed by atoms with Gasteiger partial charge in [-0.1, -0.05) is 57.9 Å². The average Bonchev–Trinajstić information content (AvgIpc) is 2.79. The van der Waals surface area contributed by atoms with Crippen LogP contribution in [0.1, 0.15) is 42.7 Å². The molecule has 4 rings (SSSR count). The molecule has 0 unspecified atom stereocenters. The minimum absolute atomic E-state index is 0.0270. The molecular formula is C26H25BrClNO4. The molecule has 7 heteroatoms. The van der Waals surface area contributed by atoms with Crippen molar-refractivity contribution in [3.8, 4) is 0 Å². The van der Waals surface area contributed by atoms with Crippen LogP contribution in [0.25, 0.3) is 0 Å². The SMILES string of the molecule is COCCOC(=O)C1=C(C)NC2=C(C(=O)C[C@H](c3ccc(Cl)cc3)C2)[C@@H]1c1ccccc1Br. The van der Waals surface area contributed by atoms with Crippen LogP contribution in [0.2, 0.25) is 5.02 Å². The first kappa shape index (κ1) is 23.7. The minimum atomic E-state index is -0.509. The van der Waals surface area contributed by atoms with Crippen molar-refractivity contribution in [2.45, 2.75) is 31.6 Å². The summed E-state index contributed by atoms with van der Waals surface area (Å²) in [5.74, 6) is -0.884. The Hall–Kier alpha value is -2.41. The van der Waals surface area contributed by atoms with Gasteiger partial charge in [0.1, 0.15) is 6.61 Å². The molecule has 2 atom stereocenters. The van der Waals surface area contributed by atoms with E-state index in [1.807, 2.05) is 55.5 Å². The smallest absolute Gasteiger partial charge is 0.336 e. The van der Waals surface area contributed by atoms with E-state index in [1.54, 1.807) is 7.11 Å². The fourth-order valence-electron chi connectivity index (χ4n) is 4.60.